The van der Waals surface area contributed by atoms with Crippen molar-refractivity contribution in [3.05, 3.63) is 18.1 Å². The maximum absolute atomic E-state index is 11.5. The van der Waals surface area contributed by atoms with Crippen LogP contribution in [-0.4, -0.2) is 48.0 Å². The Balaban J connectivity index is 2.56. The van der Waals surface area contributed by atoms with Crippen LogP contribution in [0.25, 0.3) is 10.9 Å². The van der Waals surface area contributed by atoms with Crippen LogP contribution >= 0.6 is 0 Å². The Hall–Kier alpha value is -1.45. The molecule has 2 heterocycles. The van der Waals surface area contributed by atoms with Crippen LogP contribution in [0.15, 0.2) is 12.4 Å². The Kier molecular flexibility index (Phi) is 2.67. The average Bonchev–Trinajstić information content (AvgIpc) is 2.61. The predicted molar refractivity (Wildman–Crippen MR) is 52.4 cm³/mol. The van der Waals surface area contributed by atoms with Crippen LogP contribution < -0.4 is 0 Å². The largest absolute Gasteiger partial charge is 0.461 e. The fourth-order valence-corrected chi connectivity index (χ4v) is 1.50. The number of carbonyl (C=O) groups excluding carboxylic acids is 1. The van der Waals surface area contributed by atoms with E-state index in [1.165, 1.54) is 6.20 Å². The summed E-state index contributed by atoms with van der Waals surface area (Å²) < 4.78 is 6.41. The van der Waals surface area contributed by atoms with Crippen molar-refractivity contribution in [3.8, 4) is 0 Å². The van der Waals surface area contributed by atoms with Crippen LogP contribution in [0.5, 0.6) is 0 Å². The van der Waals surface area contributed by atoms with Gasteiger partial charge in [-0.15, -0.1) is 5.10 Å². The van der Waals surface area contributed by atoms with Crippen molar-refractivity contribution in [2.24, 2.45) is 0 Å². The number of nitrogens with zero attached hydrogens (tertiary/aromatic N) is 4. The molecule has 0 aliphatic heterocycles. The molecule has 0 N–H and O–H groups in total. The molecule has 0 aliphatic carbocycles. The Morgan fingerprint density at radius 2 is 2.40 bits per heavy atom. The first kappa shape index (κ1) is 10.1. The van der Waals surface area contributed by atoms with Gasteiger partial charge in [0.05, 0.1) is 29.9 Å². The molecule has 0 saturated heterocycles. The summed E-state index contributed by atoms with van der Waals surface area (Å²) in [5, 5.41) is 12.1. The third kappa shape index (κ3) is 1.71. The molecule has 2 radical (unpaired) electrons. The molecule has 2 rings (SSSR count). The minimum absolute atomic E-state index is 0.197. The zero-order chi connectivity index (χ0) is 10.8. The van der Waals surface area contributed by atoms with Crippen molar-refractivity contribution in [3.63, 3.8) is 0 Å². The van der Waals surface area contributed by atoms with Gasteiger partial charge in [-0.2, -0.15) is 5.10 Å². The fourth-order valence-electron chi connectivity index (χ4n) is 1.23. The highest BCUT2D eigenvalue weighted by Gasteiger charge is 2.15. The summed E-state index contributed by atoms with van der Waals surface area (Å²) in [4.78, 5) is 11.5. The van der Waals surface area contributed by atoms with Crippen LogP contribution in [-0.2, 0) is 4.74 Å². The Morgan fingerprint density at radius 1 is 1.60 bits per heavy atom. The van der Waals surface area contributed by atoms with Gasteiger partial charge < -0.3 is 8.40 Å². The minimum Gasteiger partial charge on any atom is -0.461 e. The number of ether oxygens (including phenoxy) is 1. The summed E-state index contributed by atoms with van der Waals surface area (Å²) in [7, 11) is 0. The monoisotopic (exact) mass is 218 g/mol. The van der Waals surface area contributed by atoms with E-state index >= 15 is 0 Å². The van der Waals surface area contributed by atoms with Crippen LogP contribution in [0.4, 0.5) is 0 Å². The molecule has 0 saturated carbocycles. The Morgan fingerprint density at radius 3 is 3.13 bits per heavy atom. The molecular weight excluding hydrogens is 211 g/mol. The Labute approximate surface area is 93.9 Å². The molecule has 0 aromatic carbocycles. The zero-order valence-corrected chi connectivity index (χ0v) is 9.20. The second-order valence-corrected chi connectivity index (χ2v) is 3.29. The number of esters is 1. The van der Waals surface area contributed by atoms with Gasteiger partial charge in [-0.05, 0) is 6.92 Å². The third-order valence-corrected chi connectivity index (χ3v) is 2.31. The molecule has 2 aromatic heterocycles. The van der Waals surface area contributed by atoms with Crippen LogP contribution in [0.1, 0.15) is 17.4 Å². The van der Waals surface area contributed by atoms with Gasteiger partial charge in [-0.1, -0.05) is 0 Å². The van der Waals surface area contributed by atoms with Crippen LogP contribution in [0.2, 0.25) is 0 Å². The number of hydrogen-bond acceptors (Lipinski definition) is 5. The number of carbonyl (C=O) groups is 1. The fraction of sp³-hybridized carbons (Fsp3) is 0.250. The van der Waals surface area contributed by atoms with E-state index in [4.69, 9.17) is 4.74 Å². The molecule has 7 heteroatoms. The average molecular weight is 218 g/mol. The van der Waals surface area contributed by atoms with Gasteiger partial charge in [0.15, 0.2) is 5.69 Å². The quantitative estimate of drug-likeness (QED) is 0.521. The lowest BCUT2D eigenvalue weighted by Gasteiger charge is -2.01. The second kappa shape index (κ2) is 3.97. The molecule has 74 valence electrons. The van der Waals surface area contributed by atoms with E-state index < -0.39 is 5.97 Å². The van der Waals surface area contributed by atoms with Crippen molar-refractivity contribution in [2.45, 2.75) is 6.92 Å². The van der Waals surface area contributed by atoms with E-state index in [2.05, 4.69) is 31.8 Å². The molecule has 0 unspecified atom stereocenters. The summed E-state index contributed by atoms with van der Waals surface area (Å²) in [6.45, 7) is 2.05. The summed E-state index contributed by atoms with van der Waals surface area (Å²) in [5.74, 6) is -0.478. The van der Waals surface area contributed by atoms with Crippen molar-refractivity contribution in [2.75, 3.05) is 6.61 Å². The Bertz CT molecular complexity index is 510. The van der Waals surface area contributed by atoms with Gasteiger partial charge in [0.2, 0.25) is 0 Å². The van der Waals surface area contributed by atoms with Gasteiger partial charge in [0.1, 0.15) is 0 Å². The zero-order valence-electron chi connectivity index (χ0n) is 8.04. The molecule has 0 atom stereocenters. The number of hydrogen-bond donors (Lipinski definition) is 0. The van der Waals surface area contributed by atoms with Gasteiger partial charge >= 0.3 is 22.5 Å². The molecule has 0 amide bonds. The summed E-state index contributed by atoms with van der Waals surface area (Å²) in [5.41, 5.74) is 0.918. The van der Waals surface area contributed by atoms with E-state index in [-0.39, 0.29) is 5.69 Å². The summed E-state index contributed by atoms with van der Waals surface area (Å²) >= 11 is 2.40. The van der Waals surface area contributed by atoms with Gasteiger partial charge in [-0.25, -0.2) is 9.89 Å². The highest BCUT2D eigenvalue weighted by Crippen LogP contribution is 2.14. The van der Waals surface area contributed by atoms with Crippen molar-refractivity contribution < 1.29 is 9.53 Å². The first-order valence-electron chi connectivity index (χ1n) is 4.35. The van der Waals surface area contributed by atoms with E-state index in [9.17, 15) is 4.79 Å². The van der Waals surface area contributed by atoms with Crippen LogP contribution in [0, 0.1) is 0 Å². The smallest absolute Gasteiger partial charge is 0.359 e. The molecular formula is C8H7AlN4O2. The number of aromatic nitrogens is 4. The SMILES string of the molecule is CCOC(=O)c1nncc2c1cn[n]2[Al]. The van der Waals surface area contributed by atoms with E-state index in [1.807, 2.05) is 0 Å². The first-order chi connectivity index (χ1) is 7.24. The molecule has 15 heavy (non-hydrogen) atoms. The lowest BCUT2D eigenvalue weighted by molar-refractivity contribution is 0.0521. The van der Waals surface area contributed by atoms with Gasteiger partial charge in [0, 0.05) is 0 Å². The highest BCUT2D eigenvalue weighted by molar-refractivity contribution is 6.12. The molecule has 0 bridgehead atoms. The van der Waals surface area contributed by atoms with Gasteiger partial charge in [-0.3, -0.25) is 0 Å². The molecule has 0 aliphatic rings. The summed E-state index contributed by atoms with van der Waals surface area (Å²) in [6.07, 6.45) is 3.10. The highest BCUT2D eigenvalue weighted by atomic mass is 27.1. The molecule has 0 spiro atoms. The van der Waals surface area contributed by atoms with Crippen molar-refractivity contribution in [1.29, 1.82) is 0 Å². The van der Waals surface area contributed by atoms with Crippen molar-refractivity contribution >= 4 is 33.4 Å². The molecule has 0 fully saturated rings. The standard InChI is InChI=1S/C8H8N4O2.Al/c1-2-14-8(13)7-5-3-9-11-6(5)4-10-12-7;/h3-4H,2H2,1H3,(H,9,10,11,12,13);/q;+1/p-1. The lowest BCUT2D eigenvalue weighted by atomic mass is 10.3. The second-order valence-electron chi connectivity index (χ2n) is 2.80. The first-order valence-corrected chi connectivity index (χ1v) is 4.87. The maximum Gasteiger partial charge on any atom is 0.359 e. The van der Waals surface area contributed by atoms with Gasteiger partial charge in [0.25, 0.3) is 0 Å². The minimum atomic E-state index is -0.478. The number of fused-ring (bicyclic) bond motifs is 1. The van der Waals surface area contributed by atoms with E-state index in [1.54, 1.807) is 16.8 Å². The summed E-state index contributed by atoms with van der Waals surface area (Å²) in [6, 6.07) is 0. The van der Waals surface area contributed by atoms with E-state index in [0.29, 0.717) is 12.0 Å². The number of rotatable bonds is 2. The lowest BCUT2D eigenvalue weighted by Crippen LogP contribution is -2.08. The van der Waals surface area contributed by atoms with Crippen molar-refractivity contribution in [1.82, 2.24) is 19.0 Å². The van der Waals surface area contributed by atoms with Crippen LogP contribution in [0.3, 0.4) is 0 Å². The molecule has 6 nitrogen and oxygen atoms in total. The topological polar surface area (TPSA) is 69.9 Å². The molecule has 2 aromatic rings. The predicted octanol–water partition coefficient (Wildman–Crippen LogP) is -0.0654. The van der Waals surface area contributed by atoms with E-state index in [0.717, 1.165) is 5.52 Å². The third-order valence-electron chi connectivity index (χ3n) is 1.90. The normalized spacial score (nSPS) is 10.5. The maximum atomic E-state index is 11.5.